The number of benzene rings is 1. The van der Waals surface area contributed by atoms with Gasteiger partial charge in [0.2, 0.25) is 0 Å². The molecule has 2 atom stereocenters. The van der Waals surface area contributed by atoms with Gasteiger partial charge >= 0.3 is 0 Å². The number of rotatable bonds is 4. The van der Waals surface area contributed by atoms with Gasteiger partial charge in [0.05, 0.1) is 6.10 Å². The molecule has 18 heavy (non-hydrogen) atoms. The lowest BCUT2D eigenvalue weighted by Gasteiger charge is -2.33. The van der Waals surface area contributed by atoms with Gasteiger partial charge in [0.25, 0.3) is 0 Å². The van der Waals surface area contributed by atoms with Crippen LogP contribution in [-0.2, 0) is 4.74 Å². The Morgan fingerprint density at radius 2 is 2.17 bits per heavy atom. The molecule has 0 amide bonds. The van der Waals surface area contributed by atoms with E-state index in [1.54, 1.807) is 0 Å². The van der Waals surface area contributed by atoms with E-state index in [1.165, 1.54) is 29.5 Å². The molecule has 1 aliphatic rings. The molecule has 0 aromatic heterocycles. The standard InChI is InChI=1S/C16H25NO/c1-4-17-11-14-6-5-9-18-16(14)15-8-7-12(2)10-13(15)3/h7-8,10,14,16-17H,4-6,9,11H2,1-3H3. The van der Waals surface area contributed by atoms with E-state index in [4.69, 9.17) is 4.74 Å². The van der Waals surface area contributed by atoms with Crippen LogP contribution in [0.15, 0.2) is 18.2 Å². The first-order valence-electron chi connectivity index (χ1n) is 7.12. The predicted octanol–water partition coefficient (Wildman–Crippen LogP) is 3.38. The predicted molar refractivity (Wildman–Crippen MR) is 75.9 cm³/mol. The van der Waals surface area contributed by atoms with E-state index in [2.05, 4.69) is 44.3 Å². The van der Waals surface area contributed by atoms with Gasteiger partial charge in [-0.05, 0) is 44.4 Å². The smallest absolute Gasteiger partial charge is 0.0867 e. The van der Waals surface area contributed by atoms with E-state index >= 15 is 0 Å². The maximum absolute atomic E-state index is 6.05. The molecule has 0 radical (unpaired) electrons. The SMILES string of the molecule is CCNCC1CCCOC1c1ccc(C)cc1C. The third-order valence-electron chi connectivity index (χ3n) is 3.83. The number of hydrogen-bond acceptors (Lipinski definition) is 2. The summed E-state index contributed by atoms with van der Waals surface area (Å²) < 4.78 is 6.05. The molecule has 2 rings (SSSR count). The summed E-state index contributed by atoms with van der Waals surface area (Å²) >= 11 is 0. The highest BCUT2D eigenvalue weighted by molar-refractivity contribution is 5.32. The van der Waals surface area contributed by atoms with E-state index in [0.29, 0.717) is 5.92 Å². The van der Waals surface area contributed by atoms with E-state index < -0.39 is 0 Å². The van der Waals surface area contributed by atoms with Crippen LogP contribution in [0.2, 0.25) is 0 Å². The summed E-state index contributed by atoms with van der Waals surface area (Å²) in [6.07, 6.45) is 2.74. The Morgan fingerprint density at radius 1 is 1.33 bits per heavy atom. The van der Waals surface area contributed by atoms with Crippen molar-refractivity contribution in [2.75, 3.05) is 19.7 Å². The molecule has 2 nitrogen and oxygen atoms in total. The first-order valence-corrected chi connectivity index (χ1v) is 7.12. The van der Waals surface area contributed by atoms with Crippen LogP contribution < -0.4 is 5.32 Å². The minimum absolute atomic E-state index is 0.276. The summed E-state index contributed by atoms with van der Waals surface area (Å²) in [7, 11) is 0. The lowest BCUT2D eigenvalue weighted by atomic mass is 9.87. The van der Waals surface area contributed by atoms with Crippen molar-refractivity contribution in [3.63, 3.8) is 0 Å². The minimum atomic E-state index is 0.276. The highest BCUT2D eigenvalue weighted by Gasteiger charge is 2.27. The molecule has 0 aliphatic carbocycles. The van der Waals surface area contributed by atoms with Gasteiger partial charge in [-0.25, -0.2) is 0 Å². The molecule has 1 N–H and O–H groups in total. The van der Waals surface area contributed by atoms with Crippen molar-refractivity contribution in [2.45, 2.75) is 39.7 Å². The van der Waals surface area contributed by atoms with Gasteiger partial charge in [0.1, 0.15) is 0 Å². The van der Waals surface area contributed by atoms with Crippen molar-refractivity contribution in [2.24, 2.45) is 5.92 Å². The summed E-state index contributed by atoms with van der Waals surface area (Å²) in [5.41, 5.74) is 4.07. The summed E-state index contributed by atoms with van der Waals surface area (Å²) in [6, 6.07) is 6.71. The summed E-state index contributed by atoms with van der Waals surface area (Å²) in [5.74, 6) is 0.611. The molecule has 0 bridgehead atoms. The lowest BCUT2D eigenvalue weighted by molar-refractivity contribution is -0.0279. The topological polar surface area (TPSA) is 21.3 Å². The molecule has 0 spiro atoms. The Balaban J connectivity index is 2.16. The molecule has 100 valence electrons. The highest BCUT2D eigenvalue weighted by atomic mass is 16.5. The van der Waals surface area contributed by atoms with E-state index in [-0.39, 0.29) is 6.10 Å². The third-order valence-corrected chi connectivity index (χ3v) is 3.83. The Hall–Kier alpha value is -0.860. The Morgan fingerprint density at radius 3 is 2.89 bits per heavy atom. The second-order valence-corrected chi connectivity index (χ2v) is 5.36. The van der Waals surface area contributed by atoms with Gasteiger partial charge in [-0.2, -0.15) is 0 Å². The van der Waals surface area contributed by atoms with Crippen LogP contribution in [0.1, 0.15) is 42.6 Å². The number of hydrogen-bond donors (Lipinski definition) is 1. The van der Waals surface area contributed by atoms with Crippen LogP contribution >= 0.6 is 0 Å². The number of aryl methyl sites for hydroxylation is 2. The van der Waals surface area contributed by atoms with Gasteiger partial charge in [-0.15, -0.1) is 0 Å². The van der Waals surface area contributed by atoms with Gasteiger partial charge in [0.15, 0.2) is 0 Å². The monoisotopic (exact) mass is 247 g/mol. The van der Waals surface area contributed by atoms with Crippen molar-refractivity contribution >= 4 is 0 Å². The fourth-order valence-corrected chi connectivity index (χ4v) is 2.87. The zero-order valence-corrected chi connectivity index (χ0v) is 11.8. The zero-order chi connectivity index (χ0) is 13.0. The van der Waals surface area contributed by atoms with E-state index in [9.17, 15) is 0 Å². The number of nitrogens with one attached hydrogen (secondary N) is 1. The summed E-state index contributed by atoms with van der Waals surface area (Å²) in [6.45, 7) is 9.51. The zero-order valence-electron chi connectivity index (χ0n) is 11.8. The maximum Gasteiger partial charge on any atom is 0.0867 e. The van der Waals surface area contributed by atoms with E-state index in [0.717, 1.165) is 19.7 Å². The molecule has 1 fully saturated rings. The second kappa shape index (κ2) is 6.35. The van der Waals surface area contributed by atoms with Crippen molar-refractivity contribution in [3.05, 3.63) is 34.9 Å². The Bertz CT molecular complexity index is 389. The molecule has 1 heterocycles. The quantitative estimate of drug-likeness (QED) is 0.880. The first-order chi connectivity index (χ1) is 8.72. The van der Waals surface area contributed by atoms with Gasteiger partial charge in [0, 0.05) is 19.1 Å². The van der Waals surface area contributed by atoms with Crippen LogP contribution in [0.4, 0.5) is 0 Å². The van der Waals surface area contributed by atoms with Gasteiger partial charge < -0.3 is 10.1 Å². The largest absolute Gasteiger partial charge is 0.373 e. The van der Waals surface area contributed by atoms with Crippen LogP contribution in [0.3, 0.4) is 0 Å². The Kier molecular flexibility index (Phi) is 4.79. The van der Waals surface area contributed by atoms with Gasteiger partial charge in [-0.1, -0.05) is 30.7 Å². The molecular formula is C16H25NO. The normalized spacial score (nSPS) is 24.2. The molecule has 2 heteroatoms. The van der Waals surface area contributed by atoms with Crippen LogP contribution in [-0.4, -0.2) is 19.7 Å². The first kappa shape index (κ1) is 13.6. The van der Waals surface area contributed by atoms with Crippen molar-refractivity contribution in [1.82, 2.24) is 5.32 Å². The molecule has 1 aromatic carbocycles. The summed E-state index contributed by atoms with van der Waals surface area (Å²) in [5, 5.41) is 3.47. The molecule has 1 aromatic rings. The van der Waals surface area contributed by atoms with Crippen molar-refractivity contribution < 1.29 is 4.74 Å². The second-order valence-electron chi connectivity index (χ2n) is 5.36. The van der Waals surface area contributed by atoms with Crippen molar-refractivity contribution in [3.8, 4) is 0 Å². The average molecular weight is 247 g/mol. The molecule has 2 unspecified atom stereocenters. The van der Waals surface area contributed by atoms with Gasteiger partial charge in [-0.3, -0.25) is 0 Å². The average Bonchev–Trinajstić information content (AvgIpc) is 2.37. The minimum Gasteiger partial charge on any atom is -0.373 e. The van der Waals surface area contributed by atoms with Crippen LogP contribution in [0.5, 0.6) is 0 Å². The molecular weight excluding hydrogens is 222 g/mol. The van der Waals surface area contributed by atoms with Crippen LogP contribution in [0, 0.1) is 19.8 Å². The van der Waals surface area contributed by atoms with Crippen LogP contribution in [0.25, 0.3) is 0 Å². The number of ether oxygens (including phenoxy) is 1. The maximum atomic E-state index is 6.05. The van der Waals surface area contributed by atoms with E-state index in [1.807, 2.05) is 0 Å². The van der Waals surface area contributed by atoms with Crippen molar-refractivity contribution in [1.29, 1.82) is 0 Å². The molecule has 1 aliphatic heterocycles. The lowest BCUT2D eigenvalue weighted by Crippen LogP contribution is -2.32. The third kappa shape index (κ3) is 3.12. The Labute approximate surface area is 111 Å². The molecule has 0 saturated carbocycles. The summed E-state index contributed by atoms with van der Waals surface area (Å²) in [4.78, 5) is 0. The highest BCUT2D eigenvalue weighted by Crippen LogP contribution is 2.35. The molecule has 1 saturated heterocycles. The fraction of sp³-hybridized carbons (Fsp3) is 0.625. The fourth-order valence-electron chi connectivity index (χ4n) is 2.87.